The molecule has 0 radical (unpaired) electrons. The van der Waals surface area contributed by atoms with Gasteiger partial charge in [-0.05, 0) is 24.8 Å². The highest BCUT2D eigenvalue weighted by Crippen LogP contribution is 2.23. The highest BCUT2D eigenvalue weighted by atomic mass is 16.3. The average molecular weight is 206 g/mol. The molecule has 1 atom stereocenters. The van der Waals surface area contributed by atoms with E-state index in [0.29, 0.717) is 11.8 Å². The van der Waals surface area contributed by atoms with E-state index in [9.17, 15) is 5.11 Å². The first-order chi connectivity index (χ1) is 7.13. The summed E-state index contributed by atoms with van der Waals surface area (Å²) in [5, 5.41) is 9.36. The predicted octanol–water partition coefficient (Wildman–Crippen LogP) is 3.51. The maximum atomic E-state index is 9.36. The highest BCUT2D eigenvalue weighted by Gasteiger charge is 2.10. The normalized spacial score (nSPS) is 13.1. The topological polar surface area (TPSA) is 20.2 Å². The van der Waals surface area contributed by atoms with E-state index in [0.717, 1.165) is 6.42 Å². The molecule has 0 aliphatic rings. The summed E-state index contributed by atoms with van der Waals surface area (Å²) in [6.07, 6.45) is 2.26. The largest absolute Gasteiger partial charge is 0.396 e. The van der Waals surface area contributed by atoms with E-state index >= 15 is 0 Å². The molecule has 84 valence electrons. The fourth-order valence-corrected chi connectivity index (χ4v) is 1.74. The van der Waals surface area contributed by atoms with Crippen LogP contribution in [0.5, 0.6) is 0 Å². The molecule has 0 aromatic heterocycles. The van der Waals surface area contributed by atoms with E-state index in [4.69, 9.17) is 0 Å². The summed E-state index contributed by atoms with van der Waals surface area (Å²) in [5.74, 6) is 1.03. The molecule has 1 rings (SSSR count). The van der Waals surface area contributed by atoms with Gasteiger partial charge in [0.15, 0.2) is 0 Å². The van der Waals surface area contributed by atoms with Gasteiger partial charge in [0.25, 0.3) is 0 Å². The standard InChI is InChI=1S/C14H22O/c1-11(2)4-7-14(10-15)13-8-5-12(3)6-9-13/h5-6,8-9,11,14-15H,4,7,10H2,1-3H3. The molecule has 1 aromatic rings. The summed E-state index contributed by atoms with van der Waals surface area (Å²) < 4.78 is 0. The van der Waals surface area contributed by atoms with Crippen LogP contribution in [0.3, 0.4) is 0 Å². The highest BCUT2D eigenvalue weighted by molar-refractivity contribution is 5.24. The van der Waals surface area contributed by atoms with Crippen molar-refractivity contribution in [1.29, 1.82) is 0 Å². The smallest absolute Gasteiger partial charge is 0.0499 e. The van der Waals surface area contributed by atoms with Crippen molar-refractivity contribution in [3.63, 3.8) is 0 Å². The molecular weight excluding hydrogens is 184 g/mol. The van der Waals surface area contributed by atoms with Gasteiger partial charge in [0, 0.05) is 12.5 Å². The van der Waals surface area contributed by atoms with Crippen LogP contribution in [0.4, 0.5) is 0 Å². The van der Waals surface area contributed by atoms with Crippen molar-refractivity contribution in [2.75, 3.05) is 6.61 Å². The minimum absolute atomic E-state index is 0.260. The lowest BCUT2D eigenvalue weighted by molar-refractivity contribution is 0.253. The number of aryl methyl sites for hydroxylation is 1. The van der Waals surface area contributed by atoms with Crippen molar-refractivity contribution in [1.82, 2.24) is 0 Å². The van der Waals surface area contributed by atoms with Gasteiger partial charge in [-0.15, -0.1) is 0 Å². The monoisotopic (exact) mass is 206 g/mol. The Hall–Kier alpha value is -0.820. The lowest BCUT2D eigenvalue weighted by Crippen LogP contribution is -2.05. The Labute approximate surface area is 93.1 Å². The third kappa shape index (κ3) is 4.05. The van der Waals surface area contributed by atoms with Crippen LogP contribution in [-0.2, 0) is 0 Å². The first-order valence-corrected chi connectivity index (χ1v) is 5.81. The maximum absolute atomic E-state index is 9.36. The van der Waals surface area contributed by atoms with E-state index < -0.39 is 0 Å². The minimum atomic E-state index is 0.260. The molecule has 0 fully saturated rings. The zero-order chi connectivity index (χ0) is 11.3. The second-order valence-electron chi connectivity index (χ2n) is 4.76. The van der Waals surface area contributed by atoms with Crippen LogP contribution in [0.25, 0.3) is 0 Å². The second kappa shape index (κ2) is 5.92. The summed E-state index contributed by atoms with van der Waals surface area (Å²) >= 11 is 0. The summed E-state index contributed by atoms with van der Waals surface area (Å²) in [5.41, 5.74) is 2.54. The van der Waals surface area contributed by atoms with Gasteiger partial charge < -0.3 is 5.11 Å². The molecule has 15 heavy (non-hydrogen) atoms. The molecule has 0 amide bonds. The number of rotatable bonds is 5. The Kier molecular flexibility index (Phi) is 4.83. The molecule has 0 aliphatic heterocycles. The van der Waals surface area contributed by atoms with Gasteiger partial charge in [-0.2, -0.15) is 0 Å². The zero-order valence-corrected chi connectivity index (χ0v) is 10.0. The number of hydrogen-bond acceptors (Lipinski definition) is 1. The van der Waals surface area contributed by atoms with E-state index in [1.54, 1.807) is 0 Å². The van der Waals surface area contributed by atoms with Crippen LogP contribution < -0.4 is 0 Å². The van der Waals surface area contributed by atoms with Crippen LogP contribution in [-0.4, -0.2) is 11.7 Å². The van der Waals surface area contributed by atoms with Crippen LogP contribution in [0, 0.1) is 12.8 Å². The molecule has 1 nitrogen and oxygen atoms in total. The van der Waals surface area contributed by atoms with E-state index in [1.807, 2.05) is 0 Å². The Morgan fingerprint density at radius 3 is 2.13 bits per heavy atom. The summed E-state index contributed by atoms with van der Waals surface area (Å²) in [7, 11) is 0. The van der Waals surface area contributed by atoms with Crippen molar-refractivity contribution in [3.8, 4) is 0 Å². The van der Waals surface area contributed by atoms with Crippen LogP contribution in [0.1, 0.15) is 43.7 Å². The van der Waals surface area contributed by atoms with Gasteiger partial charge in [0.05, 0.1) is 0 Å². The molecule has 1 aromatic carbocycles. The van der Waals surface area contributed by atoms with Gasteiger partial charge in [0.2, 0.25) is 0 Å². The Morgan fingerprint density at radius 2 is 1.67 bits per heavy atom. The van der Waals surface area contributed by atoms with E-state index in [2.05, 4.69) is 45.0 Å². The van der Waals surface area contributed by atoms with Gasteiger partial charge in [-0.1, -0.05) is 50.1 Å². The minimum Gasteiger partial charge on any atom is -0.396 e. The Balaban J connectivity index is 2.61. The average Bonchev–Trinajstić information content (AvgIpc) is 2.21. The fraction of sp³-hybridized carbons (Fsp3) is 0.571. The summed E-state index contributed by atoms with van der Waals surface area (Å²) in [6, 6.07) is 8.51. The van der Waals surface area contributed by atoms with Gasteiger partial charge >= 0.3 is 0 Å². The lowest BCUT2D eigenvalue weighted by atomic mass is 9.91. The van der Waals surface area contributed by atoms with Gasteiger partial charge in [-0.3, -0.25) is 0 Å². The van der Waals surface area contributed by atoms with Crippen LogP contribution in [0.2, 0.25) is 0 Å². The molecule has 1 unspecified atom stereocenters. The van der Waals surface area contributed by atoms with E-state index in [1.165, 1.54) is 17.5 Å². The molecule has 1 heteroatoms. The molecular formula is C14H22O. The summed E-state index contributed by atoms with van der Waals surface area (Å²) in [6.45, 7) is 6.80. The quantitative estimate of drug-likeness (QED) is 0.781. The maximum Gasteiger partial charge on any atom is 0.0499 e. The molecule has 1 N–H and O–H groups in total. The lowest BCUT2D eigenvalue weighted by Gasteiger charge is -2.16. The summed E-state index contributed by atoms with van der Waals surface area (Å²) in [4.78, 5) is 0. The molecule has 0 heterocycles. The van der Waals surface area contributed by atoms with Crippen molar-refractivity contribution in [2.45, 2.75) is 39.5 Å². The molecule has 0 saturated carbocycles. The van der Waals surface area contributed by atoms with Crippen LogP contribution in [0.15, 0.2) is 24.3 Å². The predicted molar refractivity (Wildman–Crippen MR) is 65.1 cm³/mol. The zero-order valence-electron chi connectivity index (χ0n) is 10.0. The van der Waals surface area contributed by atoms with Crippen molar-refractivity contribution in [2.24, 2.45) is 5.92 Å². The van der Waals surface area contributed by atoms with E-state index in [-0.39, 0.29) is 6.61 Å². The number of aliphatic hydroxyl groups is 1. The number of benzene rings is 1. The number of aliphatic hydroxyl groups excluding tert-OH is 1. The number of hydrogen-bond donors (Lipinski definition) is 1. The molecule has 0 bridgehead atoms. The van der Waals surface area contributed by atoms with Crippen molar-refractivity contribution < 1.29 is 5.11 Å². The Bertz CT molecular complexity index is 274. The van der Waals surface area contributed by atoms with Gasteiger partial charge in [-0.25, -0.2) is 0 Å². The van der Waals surface area contributed by atoms with Crippen molar-refractivity contribution in [3.05, 3.63) is 35.4 Å². The third-order valence-electron chi connectivity index (χ3n) is 2.86. The van der Waals surface area contributed by atoms with Crippen molar-refractivity contribution >= 4 is 0 Å². The van der Waals surface area contributed by atoms with Gasteiger partial charge in [0.1, 0.15) is 0 Å². The fourth-order valence-electron chi connectivity index (χ4n) is 1.74. The third-order valence-corrected chi connectivity index (χ3v) is 2.86. The van der Waals surface area contributed by atoms with Crippen LogP contribution >= 0.6 is 0 Å². The first-order valence-electron chi connectivity index (χ1n) is 5.81. The second-order valence-corrected chi connectivity index (χ2v) is 4.76. The Morgan fingerprint density at radius 1 is 1.07 bits per heavy atom. The first kappa shape index (κ1) is 12.3. The molecule has 0 spiro atoms. The molecule has 0 saturated heterocycles. The molecule has 0 aliphatic carbocycles. The SMILES string of the molecule is Cc1ccc(C(CO)CCC(C)C)cc1.